The highest BCUT2D eigenvalue weighted by atomic mass is 35.5. The quantitative estimate of drug-likeness (QED) is 0.432. The van der Waals surface area contributed by atoms with E-state index in [0.29, 0.717) is 15.6 Å². The molecule has 0 fully saturated rings. The third kappa shape index (κ3) is 2.76. The Morgan fingerprint density at radius 2 is 1.46 bits per heavy atom. The molecule has 28 heavy (non-hydrogen) atoms. The van der Waals surface area contributed by atoms with Gasteiger partial charge in [-0.3, -0.25) is 9.69 Å². The van der Waals surface area contributed by atoms with Gasteiger partial charge < -0.3 is 0 Å². The number of anilines is 1. The fourth-order valence-electron chi connectivity index (χ4n) is 4.03. The molecule has 0 aliphatic carbocycles. The van der Waals surface area contributed by atoms with Gasteiger partial charge >= 0.3 is 0 Å². The maximum Gasteiger partial charge on any atom is 0.264 e. The van der Waals surface area contributed by atoms with E-state index in [0.717, 1.165) is 33.2 Å². The van der Waals surface area contributed by atoms with Crippen LogP contribution in [0, 0.1) is 0 Å². The molecule has 1 aliphatic heterocycles. The first-order valence-electron chi connectivity index (χ1n) is 9.55. The van der Waals surface area contributed by atoms with Gasteiger partial charge in [-0.05, 0) is 41.2 Å². The molecule has 1 amide bonds. The number of para-hydroxylation sites is 1. The van der Waals surface area contributed by atoms with Crippen molar-refractivity contribution in [2.45, 2.75) is 39.5 Å². The molecule has 1 aliphatic rings. The van der Waals surface area contributed by atoms with Gasteiger partial charge in [0.05, 0.1) is 5.69 Å². The normalized spacial score (nSPS) is 13.9. The summed E-state index contributed by atoms with van der Waals surface area (Å²) in [5, 5.41) is 2.36. The van der Waals surface area contributed by atoms with Crippen LogP contribution in [0.2, 0.25) is 5.02 Å². The van der Waals surface area contributed by atoms with Crippen molar-refractivity contribution in [3.05, 3.63) is 75.8 Å². The molecule has 3 aromatic rings. The van der Waals surface area contributed by atoms with Gasteiger partial charge in [0.25, 0.3) is 5.91 Å². The lowest BCUT2D eigenvalue weighted by atomic mass is 9.89. The standard InChI is InChI=1S/C24H22ClNOS/c1-13(2)15-7-5-8-16(14(3)4)22(15)26-23(27)18-10-6-9-17-20(25)12-11-19(21(17)18)24(26)28/h5-14H,1-4H3. The van der Waals surface area contributed by atoms with E-state index in [4.69, 9.17) is 23.8 Å². The summed E-state index contributed by atoms with van der Waals surface area (Å²) in [6.45, 7) is 8.59. The molecule has 0 spiro atoms. The van der Waals surface area contributed by atoms with Crippen LogP contribution in [-0.4, -0.2) is 10.9 Å². The molecular weight excluding hydrogens is 386 g/mol. The van der Waals surface area contributed by atoms with Crippen LogP contribution in [0.25, 0.3) is 10.8 Å². The Morgan fingerprint density at radius 3 is 2.07 bits per heavy atom. The Morgan fingerprint density at radius 1 is 0.857 bits per heavy atom. The maximum atomic E-state index is 13.7. The highest BCUT2D eigenvalue weighted by molar-refractivity contribution is 7.81. The average molecular weight is 408 g/mol. The Hall–Kier alpha value is -2.23. The van der Waals surface area contributed by atoms with Gasteiger partial charge in [-0.1, -0.05) is 81.8 Å². The number of benzene rings is 3. The second-order valence-corrected chi connectivity index (χ2v) is 8.66. The molecular formula is C24H22ClNOS. The van der Waals surface area contributed by atoms with E-state index in [1.54, 1.807) is 4.90 Å². The van der Waals surface area contributed by atoms with E-state index in [1.165, 1.54) is 0 Å². The van der Waals surface area contributed by atoms with Gasteiger partial charge in [0, 0.05) is 26.9 Å². The fourth-order valence-corrected chi connectivity index (χ4v) is 4.60. The summed E-state index contributed by atoms with van der Waals surface area (Å²) < 4.78 is 0. The highest BCUT2D eigenvalue weighted by Gasteiger charge is 2.34. The number of thiocarbonyl (C=S) groups is 1. The summed E-state index contributed by atoms with van der Waals surface area (Å²) in [6.07, 6.45) is 0. The van der Waals surface area contributed by atoms with E-state index >= 15 is 0 Å². The molecule has 0 saturated carbocycles. The van der Waals surface area contributed by atoms with Gasteiger partial charge in [-0.2, -0.15) is 0 Å². The molecule has 4 heteroatoms. The van der Waals surface area contributed by atoms with Crippen LogP contribution in [0.5, 0.6) is 0 Å². The molecule has 1 heterocycles. The monoisotopic (exact) mass is 407 g/mol. The van der Waals surface area contributed by atoms with Gasteiger partial charge in [-0.25, -0.2) is 0 Å². The molecule has 0 atom stereocenters. The van der Waals surface area contributed by atoms with Gasteiger partial charge in [0.2, 0.25) is 0 Å². The zero-order chi connectivity index (χ0) is 20.2. The van der Waals surface area contributed by atoms with E-state index in [1.807, 2.05) is 30.3 Å². The molecule has 2 nitrogen and oxygen atoms in total. The summed E-state index contributed by atoms with van der Waals surface area (Å²) in [5.74, 6) is 0.457. The first-order valence-corrected chi connectivity index (χ1v) is 10.3. The third-order valence-electron chi connectivity index (χ3n) is 5.42. The van der Waals surface area contributed by atoms with Gasteiger partial charge in [0.15, 0.2) is 0 Å². The lowest BCUT2D eigenvalue weighted by molar-refractivity contribution is 0.100. The zero-order valence-corrected chi connectivity index (χ0v) is 18.0. The minimum atomic E-state index is -0.0830. The molecule has 3 aromatic carbocycles. The van der Waals surface area contributed by atoms with Crippen LogP contribution >= 0.6 is 23.8 Å². The van der Waals surface area contributed by atoms with Crippen molar-refractivity contribution >= 4 is 51.2 Å². The summed E-state index contributed by atoms with van der Waals surface area (Å²) in [6, 6.07) is 15.8. The Balaban J connectivity index is 2.04. The molecule has 0 unspecified atom stereocenters. The fraction of sp³-hybridized carbons (Fsp3) is 0.250. The molecule has 0 bridgehead atoms. The molecule has 4 rings (SSSR count). The van der Waals surface area contributed by atoms with Crippen LogP contribution in [-0.2, 0) is 0 Å². The number of nitrogens with zero attached hydrogens (tertiary/aromatic N) is 1. The van der Waals surface area contributed by atoms with Gasteiger partial charge in [-0.15, -0.1) is 0 Å². The van der Waals surface area contributed by atoms with E-state index < -0.39 is 0 Å². The van der Waals surface area contributed by atoms with Gasteiger partial charge in [0.1, 0.15) is 4.99 Å². The minimum absolute atomic E-state index is 0.0830. The number of halogens is 1. The first kappa shape index (κ1) is 19.1. The largest absolute Gasteiger partial charge is 0.268 e. The predicted molar refractivity (Wildman–Crippen MR) is 122 cm³/mol. The molecule has 0 radical (unpaired) electrons. The van der Waals surface area contributed by atoms with Crippen LogP contribution in [0.15, 0.2) is 48.5 Å². The number of rotatable bonds is 3. The number of hydrogen-bond donors (Lipinski definition) is 0. The molecule has 142 valence electrons. The summed E-state index contributed by atoms with van der Waals surface area (Å²) >= 11 is 12.3. The first-order chi connectivity index (χ1) is 13.3. The number of carbonyl (C=O) groups is 1. The second-order valence-electron chi connectivity index (χ2n) is 7.86. The van der Waals surface area contributed by atoms with Crippen LogP contribution in [0.1, 0.15) is 66.6 Å². The van der Waals surface area contributed by atoms with Crippen LogP contribution in [0.4, 0.5) is 5.69 Å². The Bertz CT molecular complexity index is 1080. The maximum absolute atomic E-state index is 13.7. The molecule has 0 N–H and O–H groups in total. The van der Waals surface area contributed by atoms with E-state index in [2.05, 4.69) is 45.9 Å². The number of carbonyl (C=O) groups excluding carboxylic acids is 1. The van der Waals surface area contributed by atoms with Crippen molar-refractivity contribution in [1.29, 1.82) is 0 Å². The SMILES string of the molecule is CC(C)c1cccc(C(C)C)c1N1C(=O)c2cccc3c(Cl)ccc(c23)C1=S. The topological polar surface area (TPSA) is 20.3 Å². The zero-order valence-electron chi connectivity index (χ0n) is 16.4. The minimum Gasteiger partial charge on any atom is -0.268 e. The lowest BCUT2D eigenvalue weighted by Gasteiger charge is -2.34. The van der Waals surface area contributed by atoms with Crippen molar-refractivity contribution in [3.8, 4) is 0 Å². The van der Waals surface area contributed by atoms with Crippen molar-refractivity contribution in [3.63, 3.8) is 0 Å². The van der Waals surface area contributed by atoms with E-state index in [9.17, 15) is 4.79 Å². The van der Waals surface area contributed by atoms with Crippen molar-refractivity contribution < 1.29 is 4.79 Å². The van der Waals surface area contributed by atoms with E-state index in [-0.39, 0.29) is 17.7 Å². The Kier molecular flexibility index (Phi) is 4.76. The van der Waals surface area contributed by atoms with Crippen LogP contribution in [0.3, 0.4) is 0 Å². The third-order valence-corrected chi connectivity index (χ3v) is 6.15. The van der Waals surface area contributed by atoms with Crippen molar-refractivity contribution in [1.82, 2.24) is 0 Å². The molecule has 0 aromatic heterocycles. The smallest absolute Gasteiger partial charge is 0.264 e. The summed E-state index contributed by atoms with van der Waals surface area (Å²) in [7, 11) is 0. The predicted octanol–water partition coefficient (Wildman–Crippen LogP) is 7.08. The average Bonchev–Trinajstić information content (AvgIpc) is 2.67. The van der Waals surface area contributed by atoms with Crippen molar-refractivity contribution in [2.75, 3.05) is 4.90 Å². The molecule has 0 saturated heterocycles. The lowest BCUT2D eigenvalue weighted by Crippen LogP contribution is -2.41. The second kappa shape index (κ2) is 6.98. The highest BCUT2D eigenvalue weighted by Crippen LogP contribution is 2.41. The van der Waals surface area contributed by atoms with Crippen molar-refractivity contribution in [2.24, 2.45) is 0 Å². The number of hydrogen-bond acceptors (Lipinski definition) is 2. The number of amides is 1. The Labute approximate surface area is 176 Å². The summed E-state index contributed by atoms with van der Waals surface area (Å²) in [5.41, 5.74) is 4.73. The summed E-state index contributed by atoms with van der Waals surface area (Å²) in [4.78, 5) is 16.0. The van der Waals surface area contributed by atoms with Crippen LogP contribution < -0.4 is 4.90 Å².